The minimum atomic E-state index is 0.258. The van der Waals surface area contributed by atoms with Gasteiger partial charge in [-0.1, -0.05) is 59.3 Å². The van der Waals surface area contributed by atoms with Gasteiger partial charge in [-0.3, -0.25) is 0 Å². The Bertz CT molecular complexity index is 137. The monoisotopic (exact) mass is 229 g/mol. The molecule has 0 amide bonds. The van der Waals surface area contributed by atoms with Gasteiger partial charge in [-0.15, -0.1) is 0 Å². The van der Waals surface area contributed by atoms with Crippen molar-refractivity contribution in [1.82, 2.24) is 5.32 Å². The molecule has 0 fully saturated rings. The zero-order valence-electron chi connectivity index (χ0n) is 11.5. The van der Waals surface area contributed by atoms with Crippen LogP contribution in [-0.4, -0.2) is 24.3 Å². The second-order valence-electron chi connectivity index (χ2n) is 5.11. The van der Waals surface area contributed by atoms with Crippen LogP contribution in [-0.2, 0) is 0 Å². The maximum absolute atomic E-state index is 9.13. The Morgan fingerprint density at radius 3 is 2.00 bits per heavy atom. The second-order valence-corrected chi connectivity index (χ2v) is 5.11. The maximum Gasteiger partial charge on any atom is 0.0587 e. The molecule has 98 valence electrons. The molecule has 0 aromatic heterocycles. The molecule has 2 N–H and O–H groups in total. The van der Waals surface area contributed by atoms with Crippen LogP contribution < -0.4 is 5.32 Å². The average molecular weight is 229 g/mol. The van der Waals surface area contributed by atoms with Gasteiger partial charge >= 0.3 is 0 Å². The van der Waals surface area contributed by atoms with Crippen LogP contribution in [0.3, 0.4) is 0 Å². The predicted molar refractivity (Wildman–Crippen MR) is 71.7 cm³/mol. The molecule has 0 rings (SSSR count). The largest absolute Gasteiger partial charge is 0.395 e. The SMILES string of the molecule is CCCCCCCCCN[C@H](CO)C(C)C. The topological polar surface area (TPSA) is 32.3 Å². The first-order valence-corrected chi connectivity index (χ1v) is 7.06. The quantitative estimate of drug-likeness (QED) is 0.533. The molecule has 0 aliphatic heterocycles. The van der Waals surface area contributed by atoms with Gasteiger partial charge in [0.25, 0.3) is 0 Å². The van der Waals surface area contributed by atoms with Gasteiger partial charge in [0.1, 0.15) is 0 Å². The van der Waals surface area contributed by atoms with Crippen molar-refractivity contribution >= 4 is 0 Å². The molecule has 1 atom stereocenters. The molecule has 0 heterocycles. The lowest BCUT2D eigenvalue weighted by atomic mass is 10.0. The fourth-order valence-electron chi connectivity index (χ4n) is 1.88. The first-order chi connectivity index (χ1) is 7.72. The van der Waals surface area contributed by atoms with E-state index in [1.807, 2.05) is 0 Å². The third kappa shape index (κ3) is 9.17. The lowest BCUT2D eigenvalue weighted by molar-refractivity contribution is 0.210. The summed E-state index contributed by atoms with van der Waals surface area (Å²) < 4.78 is 0. The minimum Gasteiger partial charge on any atom is -0.395 e. The molecule has 0 aromatic carbocycles. The Hall–Kier alpha value is -0.0800. The summed E-state index contributed by atoms with van der Waals surface area (Å²) in [6, 6.07) is 0.278. The van der Waals surface area contributed by atoms with E-state index in [9.17, 15) is 0 Å². The van der Waals surface area contributed by atoms with E-state index in [1.54, 1.807) is 0 Å². The van der Waals surface area contributed by atoms with Gasteiger partial charge < -0.3 is 10.4 Å². The summed E-state index contributed by atoms with van der Waals surface area (Å²) in [6.45, 7) is 7.87. The molecule has 0 spiro atoms. The lowest BCUT2D eigenvalue weighted by Gasteiger charge is -2.19. The van der Waals surface area contributed by atoms with E-state index < -0.39 is 0 Å². The number of aliphatic hydroxyl groups is 1. The zero-order valence-corrected chi connectivity index (χ0v) is 11.5. The number of hydrogen-bond acceptors (Lipinski definition) is 2. The smallest absolute Gasteiger partial charge is 0.0587 e. The maximum atomic E-state index is 9.13. The Kier molecular flexibility index (Phi) is 11.3. The highest BCUT2D eigenvalue weighted by Gasteiger charge is 2.09. The van der Waals surface area contributed by atoms with Crippen molar-refractivity contribution in [2.24, 2.45) is 5.92 Å². The summed E-state index contributed by atoms with van der Waals surface area (Å²) in [6.07, 6.45) is 9.44. The van der Waals surface area contributed by atoms with Crippen molar-refractivity contribution in [2.75, 3.05) is 13.2 Å². The Labute approximate surface area is 102 Å². The van der Waals surface area contributed by atoms with E-state index in [0.29, 0.717) is 5.92 Å². The molecule has 2 heteroatoms. The molecular weight excluding hydrogens is 198 g/mol. The second kappa shape index (κ2) is 11.4. The van der Waals surface area contributed by atoms with Crippen molar-refractivity contribution in [3.63, 3.8) is 0 Å². The van der Waals surface area contributed by atoms with E-state index in [-0.39, 0.29) is 12.6 Å². The van der Waals surface area contributed by atoms with Crippen molar-refractivity contribution in [1.29, 1.82) is 0 Å². The first kappa shape index (κ1) is 15.9. The predicted octanol–water partition coefficient (Wildman–Crippen LogP) is 3.34. The number of nitrogens with one attached hydrogen (secondary N) is 1. The van der Waals surface area contributed by atoms with E-state index >= 15 is 0 Å². The van der Waals surface area contributed by atoms with Crippen LogP contribution in [0.5, 0.6) is 0 Å². The molecule has 0 unspecified atom stereocenters. The van der Waals surface area contributed by atoms with Crippen molar-refractivity contribution in [3.8, 4) is 0 Å². The van der Waals surface area contributed by atoms with Crippen LogP contribution in [0.1, 0.15) is 65.7 Å². The first-order valence-electron chi connectivity index (χ1n) is 7.06. The van der Waals surface area contributed by atoms with Crippen molar-refractivity contribution in [2.45, 2.75) is 71.8 Å². The highest BCUT2D eigenvalue weighted by atomic mass is 16.3. The van der Waals surface area contributed by atoms with Crippen molar-refractivity contribution in [3.05, 3.63) is 0 Å². The van der Waals surface area contributed by atoms with Crippen LogP contribution in [0.25, 0.3) is 0 Å². The normalized spacial score (nSPS) is 13.3. The van der Waals surface area contributed by atoms with Crippen LogP contribution in [0, 0.1) is 5.92 Å². The van der Waals surface area contributed by atoms with Crippen LogP contribution in [0.2, 0.25) is 0 Å². The molecule has 0 radical (unpaired) electrons. The van der Waals surface area contributed by atoms with Crippen molar-refractivity contribution < 1.29 is 5.11 Å². The lowest BCUT2D eigenvalue weighted by Crippen LogP contribution is -2.37. The summed E-state index contributed by atoms with van der Waals surface area (Å²) in [7, 11) is 0. The fourth-order valence-corrected chi connectivity index (χ4v) is 1.88. The van der Waals surface area contributed by atoms with Gasteiger partial charge in [0.05, 0.1) is 6.61 Å². The third-order valence-corrected chi connectivity index (χ3v) is 3.19. The van der Waals surface area contributed by atoms with E-state index in [2.05, 4.69) is 26.1 Å². The molecule has 0 aromatic rings. The summed E-state index contributed by atoms with van der Waals surface area (Å²) in [5, 5.41) is 12.6. The minimum absolute atomic E-state index is 0.258. The molecule has 16 heavy (non-hydrogen) atoms. The number of aliphatic hydroxyl groups excluding tert-OH is 1. The zero-order chi connectivity index (χ0) is 12.2. The number of rotatable bonds is 11. The Balaban J connectivity index is 3.19. The molecule has 2 nitrogen and oxygen atoms in total. The summed E-state index contributed by atoms with van der Waals surface area (Å²) in [5.74, 6) is 0.523. The molecule has 0 aliphatic carbocycles. The molecule has 0 bridgehead atoms. The number of hydrogen-bond donors (Lipinski definition) is 2. The third-order valence-electron chi connectivity index (χ3n) is 3.19. The highest BCUT2D eigenvalue weighted by molar-refractivity contribution is 4.68. The average Bonchev–Trinajstić information content (AvgIpc) is 2.26. The van der Waals surface area contributed by atoms with Gasteiger partial charge in [-0.25, -0.2) is 0 Å². The van der Waals surface area contributed by atoms with E-state index in [1.165, 1.54) is 44.9 Å². The van der Waals surface area contributed by atoms with Gasteiger partial charge in [0, 0.05) is 6.04 Å². The van der Waals surface area contributed by atoms with E-state index in [0.717, 1.165) is 6.54 Å². The van der Waals surface area contributed by atoms with Gasteiger partial charge in [0.2, 0.25) is 0 Å². The van der Waals surface area contributed by atoms with Crippen LogP contribution in [0.15, 0.2) is 0 Å². The van der Waals surface area contributed by atoms with Crippen LogP contribution in [0.4, 0.5) is 0 Å². The Morgan fingerprint density at radius 2 is 1.50 bits per heavy atom. The van der Waals surface area contributed by atoms with Gasteiger partial charge in [-0.05, 0) is 18.9 Å². The van der Waals surface area contributed by atoms with E-state index in [4.69, 9.17) is 5.11 Å². The summed E-state index contributed by atoms with van der Waals surface area (Å²) in [5.41, 5.74) is 0. The van der Waals surface area contributed by atoms with Gasteiger partial charge in [-0.2, -0.15) is 0 Å². The molecule has 0 saturated carbocycles. The summed E-state index contributed by atoms with van der Waals surface area (Å²) >= 11 is 0. The summed E-state index contributed by atoms with van der Waals surface area (Å²) in [4.78, 5) is 0. The van der Waals surface area contributed by atoms with Gasteiger partial charge in [0.15, 0.2) is 0 Å². The van der Waals surface area contributed by atoms with Crippen LogP contribution >= 0.6 is 0 Å². The molecular formula is C14H31NO. The standard InChI is InChI=1S/C14H31NO/c1-4-5-6-7-8-9-10-11-15-14(12-16)13(2)3/h13-16H,4-12H2,1-3H3/t14-/m1/s1. The Morgan fingerprint density at radius 1 is 0.938 bits per heavy atom. The molecule has 0 aliphatic rings. The fraction of sp³-hybridized carbons (Fsp3) is 1.00. The molecule has 0 saturated heterocycles. The number of unbranched alkanes of at least 4 members (excludes halogenated alkanes) is 6. The highest BCUT2D eigenvalue weighted by Crippen LogP contribution is 2.07.